The second kappa shape index (κ2) is 4.93. The van der Waals surface area contributed by atoms with E-state index in [1.807, 2.05) is 6.07 Å². The van der Waals surface area contributed by atoms with Crippen LogP contribution >= 0.6 is 0 Å². The molecule has 2 fully saturated rings. The zero-order chi connectivity index (χ0) is 13.4. The Hall–Kier alpha value is -1.42. The van der Waals surface area contributed by atoms with Crippen molar-refractivity contribution in [3.8, 4) is 0 Å². The minimum Gasteiger partial charge on any atom is -0.469 e. The van der Waals surface area contributed by atoms with Crippen LogP contribution in [0.1, 0.15) is 30.7 Å². The minimum atomic E-state index is -0.233. The van der Waals surface area contributed by atoms with Crippen LogP contribution in [0.2, 0.25) is 0 Å². The summed E-state index contributed by atoms with van der Waals surface area (Å²) in [5.41, 5.74) is 0.931. The first-order valence-electron chi connectivity index (χ1n) is 6.87. The van der Waals surface area contributed by atoms with E-state index in [4.69, 9.17) is 4.74 Å². The van der Waals surface area contributed by atoms with Crippen LogP contribution < -0.4 is 5.32 Å². The standard InChI is InChI=1S/C15H18FNO2/c1-19-15(18)14-12(8-11-5-6-13(14)17-11)9-3-2-4-10(16)7-9/h2-4,7,11-14,17H,5-6,8H2,1H3/p+1. The average molecular weight is 264 g/mol. The lowest BCUT2D eigenvalue weighted by Crippen LogP contribution is -2.95. The SMILES string of the molecule is COC(=O)C1C2CCC(CC1c1cccc(F)c1)[NH2+]2. The van der Waals surface area contributed by atoms with E-state index in [-0.39, 0.29) is 23.6 Å². The zero-order valence-corrected chi connectivity index (χ0v) is 11.0. The highest BCUT2D eigenvalue weighted by molar-refractivity contribution is 5.74. The molecule has 2 N–H and O–H groups in total. The Labute approximate surface area is 112 Å². The molecule has 102 valence electrons. The summed E-state index contributed by atoms with van der Waals surface area (Å²) in [5, 5.41) is 2.30. The molecule has 1 aromatic carbocycles. The second-order valence-corrected chi connectivity index (χ2v) is 5.64. The predicted octanol–water partition coefficient (Wildman–Crippen LogP) is 1.20. The molecule has 2 aliphatic heterocycles. The van der Waals surface area contributed by atoms with Gasteiger partial charge < -0.3 is 10.1 Å². The van der Waals surface area contributed by atoms with Crippen LogP contribution in [0.25, 0.3) is 0 Å². The fraction of sp³-hybridized carbons (Fsp3) is 0.533. The van der Waals surface area contributed by atoms with Crippen LogP contribution in [-0.2, 0) is 9.53 Å². The smallest absolute Gasteiger partial charge is 0.315 e. The number of hydrogen-bond donors (Lipinski definition) is 1. The third-order valence-electron chi connectivity index (χ3n) is 4.59. The van der Waals surface area contributed by atoms with Crippen LogP contribution in [0.5, 0.6) is 0 Å². The van der Waals surface area contributed by atoms with Gasteiger partial charge in [0.05, 0.1) is 13.2 Å². The number of piperidine rings is 1. The van der Waals surface area contributed by atoms with Crippen molar-refractivity contribution >= 4 is 5.97 Å². The number of hydrogen-bond acceptors (Lipinski definition) is 2. The van der Waals surface area contributed by atoms with Crippen LogP contribution in [0.3, 0.4) is 0 Å². The molecule has 0 saturated carbocycles. The second-order valence-electron chi connectivity index (χ2n) is 5.64. The maximum absolute atomic E-state index is 13.4. The first-order chi connectivity index (χ1) is 9.19. The van der Waals surface area contributed by atoms with E-state index in [1.165, 1.54) is 13.2 Å². The number of benzene rings is 1. The third kappa shape index (κ3) is 2.25. The monoisotopic (exact) mass is 264 g/mol. The van der Waals surface area contributed by atoms with Gasteiger partial charge in [-0.25, -0.2) is 4.39 Å². The van der Waals surface area contributed by atoms with Crippen LogP contribution in [0, 0.1) is 11.7 Å². The Bertz CT molecular complexity index is 491. The number of fused-ring (bicyclic) bond motifs is 2. The number of quaternary nitrogens is 1. The summed E-state index contributed by atoms with van der Waals surface area (Å²) in [5.74, 6) is -0.449. The van der Waals surface area contributed by atoms with Gasteiger partial charge >= 0.3 is 5.97 Å². The molecule has 4 heteroatoms. The van der Waals surface area contributed by atoms with Gasteiger partial charge in [-0.05, 0) is 17.7 Å². The Morgan fingerprint density at radius 1 is 1.42 bits per heavy atom. The van der Waals surface area contributed by atoms with Crippen LogP contribution in [0.4, 0.5) is 4.39 Å². The lowest BCUT2D eigenvalue weighted by atomic mass is 9.77. The fourth-order valence-corrected chi connectivity index (χ4v) is 3.77. The molecular formula is C15H19FNO2+. The molecule has 1 aromatic rings. The highest BCUT2D eigenvalue weighted by Crippen LogP contribution is 2.39. The Kier molecular flexibility index (Phi) is 3.27. The summed E-state index contributed by atoms with van der Waals surface area (Å²) in [7, 11) is 1.44. The van der Waals surface area contributed by atoms with Gasteiger partial charge in [0.1, 0.15) is 17.8 Å². The van der Waals surface area contributed by atoms with Crippen molar-refractivity contribution in [1.82, 2.24) is 0 Å². The molecule has 0 aromatic heterocycles. The van der Waals surface area contributed by atoms with E-state index in [0.29, 0.717) is 12.1 Å². The van der Waals surface area contributed by atoms with Crippen molar-refractivity contribution < 1.29 is 19.2 Å². The highest BCUT2D eigenvalue weighted by atomic mass is 19.1. The van der Waals surface area contributed by atoms with E-state index >= 15 is 0 Å². The van der Waals surface area contributed by atoms with Gasteiger partial charge in [0.25, 0.3) is 0 Å². The first kappa shape index (κ1) is 12.6. The average Bonchev–Trinajstić information content (AvgIpc) is 2.79. The van der Waals surface area contributed by atoms with Crippen LogP contribution in [0.15, 0.2) is 24.3 Å². The fourth-order valence-electron chi connectivity index (χ4n) is 3.77. The number of esters is 1. The molecule has 4 atom stereocenters. The molecule has 3 rings (SSSR count). The number of halogens is 1. The van der Waals surface area contributed by atoms with Crippen molar-refractivity contribution in [3.63, 3.8) is 0 Å². The largest absolute Gasteiger partial charge is 0.469 e. The molecule has 0 spiro atoms. The number of methoxy groups -OCH3 is 1. The third-order valence-corrected chi connectivity index (χ3v) is 4.59. The number of ether oxygens (including phenoxy) is 1. The summed E-state index contributed by atoms with van der Waals surface area (Å²) in [4.78, 5) is 12.1. The van der Waals surface area contributed by atoms with Gasteiger partial charge in [-0.15, -0.1) is 0 Å². The summed E-state index contributed by atoms with van der Waals surface area (Å²) in [6.07, 6.45) is 3.12. The lowest BCUT2D eigenvalue weighted by Gasteiger charge is -2.33. The molecule has 2 saturated heterocycles. The maximum Gasteiger partial charge on any atom is 0.315 e. The van der Waals surface area contributed by atoms with E-state index < -0.39 is 0 Å². The summed E-state index contributed by atoms with van der Waals surface area (Å²) in [6.45, 7) is 0. The molecule has 19 heavy (non-hydrogen) atoms. The minimum absolute atomic E-state index is 0.0886. The molecule has 3 nitrogen and oxygen atoms in total. The Morgan fingerprint density at radius 2 is 2.26 bits per heavy atom. The highest BCUT2D eigenvalue weighted by Gasteiger charge is 2.49. The Morgan fingerprint density at radius 3 is 3.00 bits per heavy atom. The van der Waals surface area contributed by atoms with Crippen LogP contribution in [-0.4, -0.2) is 25.2 Å². The van der Waals surface area contributed by atoms with Gasteiger partial charge in [-0.3, -0.25) is 4.79 Å². The quantitative estimate of drug-likeness (QED) is 0.816. The zero-order valence-electron chi connectivity index (χ0n) is 11.0. The number of rotatable bonds is 2. The molecule has 2 heterocycles. The van der Waals surface area contributed by atoms with Crippen molar-refractivity contribution in [2.24, 2.45) is 5.92 Å². The maximum atomic E-state index is 13.4. The topological polar surface area (TPSA) is 42.9 Å². The van der Waals surface area contributed by atoms with Gasteiger partial charge in [-0.1, -0.05) is 12.1 Å². The van der Waals surface area contributed by atoms with Crippen molar-refractivity contribution in [2.75, 3.05) is 7.11 Å². The summed E-state index contributed by atoms with van der Waals surface area (Å²) < 4.78 is 18.4. The number of carbonyl (C=O) groups excluding carboxylic acids is 1. The number of nitrogens with two attached hydrogens (primary N) is 1. The molecule has 0 amide bonds. The van der Waals surface area contributed by atoms with Gasteiger partial charge in [0, 0.05) is 25.2 Å². The van der Waals surface area contributed by atoms with Crippen molar-refractivity contribution in [1.29, 1.82) is 0 Å². The molecule has 4 unspecified atom stereocenters. The van der Waals surface area contributed by atoms with Crippen molar-refractivity contribution in [3.05, 3.63) is 35.6 Å². The Balaban J connectivity index is 1.95. The number of carbonyl (C=O) groups is 1. The van der Waals surface area contributed by atoms with E-state index in [0.717, 1.165) is 24.8 Å². The predicted molar refractivity (Wildman–Crippen MR) is 68.0 cm³/mol. The molecule has 2 aliphatic rings. The lowest BCUT2D eigenvalue weighted by molar-refractivity contribution is -0.715. The van der Waals surface area contributed by atoms with Gasteiger partial charge in [0.2, 0.25) is 0 Å². The van der Waals surface area contributed by atoms with Gasteiger partial charge in [0.15, 0.2) is 0 Å². The molecular weight excluding hydrogens is 245 g/mol. The van der Waals surface area contributed by atoms with E-state index in [1.54, 1.807) is 12.1 Å². The van der Waals surface area contributed by atoms with E-state index in [2.05, 4.69) is 5.32 Å². The van der Waals surface area contributed by atoms with Crippen molar-refractivity contribution in [2.45, 2.75) is 37.3 Å². The first-order valence-corrected chi connectivity index (χ1v) is 6.87. The molecule has 2 bridgehead atoms. The summed E-state index contributed by atoms with van der Waals surface area (Å²) >= 11 is 0. The normalized spacial score (nSPS) is 33.2. The molecule has 0 aliphatic carbocycles. The summed E-state index contributed by atoms with van der Waals surface area (Å²) in [6, 6.07) is 7.51. The van der Waals surface area contributed by atoms with Gasteiger partial charge in [-0.2, -0.15) is 0 Å². The molecule has 0 radical (unpaired) electrons. The van der Waals surface area contributed by atoms with E-state index in [9.17, 15) is 9.18 Å².